The van der Waals surface area contributed by atoms with E-state index in [9.17, 15) is 0 Å². The molecule has 21 heavy (non-hydrogen) atoms. The van der Waals surface area contributed by atoms with Crippen LogP contribution in [0.25, 0.3) is 0 Å². The molecule has 0 saturated heterocycles. The van der Waals surface area contributed by atoms with E-state index in [1.54, 1.807) is 0 Å². The van der Waals surface area contributed by atoms with Gasteiger partial charge in [-0.3, -0.25) is 0 Å². The van der Waals surface area contributed by atoms with E-state index in [0.29, 0.717) is 6.04 Å². The molecule has 1 atom stereocenters. The Hall–Kier alpha value is -1.32. The first-order valence-electron chi connectivity index (χ1n) is 8.06. The van der Waals surface area contributed by atoms with Crippen molar-refractivity contribution in [3.8, 4) is 0 Å². The van der Waals surface area contributed by atoms with Crippen LogP contribution in [0.5, 0.6) is 0 Å². The normalized spacial score (nSPS) is 13.1. The monoisotopic (exact) mass is 292 g/mol. The van der Waals surface area contributed by atoms with E-state index in [1.807, 2.05) is 0 Å². The largest absolute Gasteiger partial charge is 0.370 e. The van der Waals surface area contributed by atoms with Crippen molar-refractivity contribution in [2.45, 2.75) is 67.3 Å². The first kappa shape index (κ1) is 17.7. The van der Waals surface area contributed by atoms with Crippen molar-refractivity contribution in [1.82, 2.24) is 9.97 Å². The zero-order valence-electron chi connectivity index (χ0n) is 15.0. The summed E-state index contributed by atoms with van der Waals surface area (Å²) in [5, 5.41) is 3.37. The van der Waals surface area contributed by atoms with E-state index in [4.69, 9.17) is 4.98 Å². The van der Waals surface area contributed by atoms with E-state index in [0.717, 1.165) is 42.4 Å². The van der Waals surface area contributed by atoms with E-state index in [2.05, 4.69) is 70.7 Å². The average molecular weight is 292 g/mol. The maximum Gasteiger partial charge on any atom is 0.137 e. The van der Waals surface area contributed by atoms with E-state index < -0.39 is 0 Å². The Balaban J connectivity index is 3.26. The highest BCUT2D eigenvalue weighted by Crippen LogP contribution is 2.30. The van der Waals surface area contributed by atoms with Crippen LogP contribution in [-0.4, -0.2) is 29.6 Å². The summed E-state index contributed by atoms with van der Waals surface area (Å²) in [6, 6.07) is 0.398. The summed E-state index contributed by atoms with van der Waals surface area (Å²) in [6.45, 7) is 16.3. The second-order valence-corrected chi connectivity index (χ2v) is 6.87. The van der Waals surface area contributed by atoms with Crippen molar-refractivity contribution in [3.63, 3.8) is 0 Å². The summed E-state index contributed by atoms with van der Waals surface area (Å²) >= 11 is 0. The van der Waals surface area contributed by atoms with Gasteiger partial charge in [-0.15, -0.1) is 0 Å². The van der Waals surface area contributed by atoms with Crippen LogP contribution < -0.4 is 10.2 Å². The number of aryl methyl sites for hydroxylation is 1. The maximum absolute atomic E-state index is 4.81. The lowest BCUT2D eigenvalue weighted by Gasteiger charge is -2.37. The second-order valence-electron chi connectivity index (χ2n) is 6.87. The van der Waals surface area contributed by atoms with Crippen LogP contribution in [0, 0.1) is 12.3 Å². The maximum atomic E-state index is 4.81. The van der Waals surface area contributed by atoms with Crippen LogP contribution in [0.1, 0.15) is 59.4 Å². The molecule has 1 unspecified atom stereocenters. The first-order valence-corrected chi connectivity index (χ1v) is 8.06. The standard InChI is InChI=1S/C17H32N4/c1-9-11-14-19-15(18-10-2)12(3)16(20-14)21(8)13(4)17(5,6)7/h13H,9-11H2,1-8H3,(H,18,19,20). The fourth-order valence-corrected chi connectivity index (χ4v) is 2.33. The van der Waals surface area contributed by atoms with Gasteiger partial charge in [0.2, 0.25) is 0 Å². The molecule has 0 bridgehead atoms. The quantitative estimate of drug-likeness (QED) is 0.859. The molecule has 0 fully saturated rings. The molecule has 4 heteroatoms. The average Bonchev–Trinajstić information content (AvgIpc) is 2.40. The van der Waals surface area contributed by atoms with Crippen LogP contribution in [0.3, 0.4) is 0 Å². The van der Waals surface area contributed by atoms with Crippen molar-refractivity contribution in [2.24, 2.45) is 5.41 Å². The third kappa shape index (κ3) is 4.32. The minimum atomic E-state index is 0.204. The predicted octanol–water partition coefficient (Wildman–Crippen LogP) is 4.04. The van der Waals surface area contributed by atoms with Gasteiger partial charge in [0, 0.05) is 31.6 Å². The zero-order valence-corrected chi connectivity index (χ0v) is 15.0. The van der Waals surface area contributed by atoms with Gasteiger partial charge in [-0.1, -0.05) is 27.7 Å². The van der Waals surface area contributed by atoms with Crippen LogP contribution in [-0.2, 0) is 6.42 Å². The van der Waals surface area contributed by atoms with Gasteiger partial charge in [0.25, 0.3) is 0 Å². The second kappa shape index (κ2) is 7.10. The van der Waals surface area contributed by atoms with Gasteiger partial charge in [0.1, 0.15) is 17.5 Å². The number of nitrogens with zero attached hydrogens (tertiary/aromatic N) is 3. The smallest absolute Gasteiger partial charge is 0.137 e. The Morgan fingerprint density at radius 2 is 1.81 bits per heavy atom. The molecule has 0 aliphatic rings. The van der Waals surface area contributed by atoms with Gasteiger partial charge in [-0.2, -0.15) is 0 Å². The van der Waals surface area contributed by atoms with Crippen molar-refractivity contribution >= 4 is 11.6 Å². The predicted molar refractivity (Wildman–Crippen MR) is 92.2 cm³/mol. The highest BCUT2D eigenvalue weighted by atomic mass is 15.2. The van der Waals surface area contributed by atoms with Crippen molar-refractivity contribution < 1.29 is 0 Å². The van der Waals surface area contributed by atoms with E-state index in [1.165, 1.54) is 0 Å². The van der Waals surface area contributed by atoms with Gasteiger partial charge in [-0.25, -0.2) is 9.97 Å². The minimum absolute atomic E-state index is 0.204. The van der Waals surface area contributed by atoms with Crippen molar-refractivity contribution in [3.05, 3.63) is 11.4 Å². The lowest BCUT2D eigenvalue weighted by Crippen LogP contribution is -2.40. The fourth-order valence-electron chi connectivity index (χ4n) is 2.33. The molecule has 4 nitrogen and oxygen atoms in total. The number of hydrogen-bond acceptors (Lipinski definition) is 4. The topological polar surface area (TPSA) is 41.1 Å². The van der Waals surface area contributed by atoms with Gasteiger partial charge in [0.15, 0.2) is 0 Å². The molecule has 0 aliphatic carbocycles. The Morgan fingerprint density at radius 1 is 1.19 bits per heavy atom. The van der Waals surface area contributed by atoms with Gasteiger partial charge in [0.05, 0.1) is 0 Å². The van der Waals surface area contributed by atoms with Gasteiger partial charge >= 0.3 is 0 Å². The summed E-state index contributed by atoms with van der Waals surface area (Å²) in [5.74, 6) is 2.95. The molecule has 1 rings (SSSR count). The molecule has 0 aliphatic heterocycles. The molecule has 0 spiro atoms. The van der Waals surface area contributed by atoms with Gasteiger partial charge in [-0.05, 0) is 32.6 Å². The summed E-state index contributed by atoms with van der Waals surface area (Å²) in [4.78, 5) is 11.8. The third-order valence-electron chi connectivity index (χ3n) is 4.15. The Morgan fingerprint density at radius 3 is 2.29 bits per heavy atom. The highest BCUT2D eigenvalue weighted by molar-refractivity contribution is 5.59. The summed E-state index contributed by atoms with van der Waals surface area (Å²) in [7, 11) is 2.14. The lowest BCUT2D eigenvalue weighted by atomic mass is 9.87. The summed E-state index contributed by atoms with van der Waals surface area (Å²) in [5.41, 5.74) is 1.34. The third-order valence-corrected chi connectivity index (χ3v) is 4.15. The van der Waals surface area contributed by atoms with Crippen LogP contribution in [0.4, 0.5) is 11.6 Å². The number of anilines is 2. The molecule has 1 aromatic rings. The number of hydrogen-bond donors (Lipinski definition) is 1. The van der Waals surface area contributed by atoms with Crippen molar-refractivity contribution in [2.75, 3.05) is 23.8 Å². The van der Waals surface area contributed by atoms with Crippen LogP contribution in [0.15, 0.2) is 0 Å². The summed E-state index contributed by atoms with van der Waals surface area (Å²) < 4.78 is 0. The lowest BCUT2D eigenvalue weighted by molar-refractivity contribution is 0.328. The van der Waals surface area contributed by atoms with Crippen LogP contribution in [0.2, 0.25) is 0 Å². The molecule has 120 valence electrons. The number of rotatable bonds is 6. The molecule has 1 aromatic heterocycles. The Kier molecular flexibility index (Phi) is 5.99. The van der Waals surface area contributed by atoms with E-state index in [-0.39, 0.29) is 5.41 Å². The molecule has 0 aromatic carbocycles. The molecule has 0 amide bonds. The SMILES string of the molecule is CCCc1nc(NCC)c(C)c(N(C)C(C)C(C)(C)C)n1. The minimum Gasteiger partial charge on any atom is -0.370 e. The van der Waals surface area contributed by atoms with E-state index >= 15 is 0 Å². The first-order chi connectivity index (χ1) is 9.72. The molecule has 1 heterocycles. The summed E-state index contributed by atoms with van der Waals surface area (Å²) in [6.07, 6.45) is 1.98. The molecular formula is C17H32N4. The van der Waals surface area contributed by atoms with Crippen LogP contribution >= 0.6 is 0 Å². The fraction of sp³-hybridized carbons (Fsp3) is 0.765. The molecule has 1 N–H and O–H groups in total. The van der Waals surface area contributed by atoms with Crippen molar-refractivity contribution in [1.29, 1.82) is 0 Å². The Labute approximate surface area is 130 Å². The molecular weight excluding hydrogens is 260 g/mol. The number of aromatic nitrogens is 2. The van der Waals surface area contributed by atoms with Gasteiger partial charge < -0.3 is 10.2 Å². The Bertz CT molecular complexity index is 463. The highest BCUT2D eigenvalue weighted by Gasteiger charge is 2.26. The molecule has 0 radical (unpaired) electrons. The molecule has 0 saturated carbocycles. The zero-order chi connectivity index (χ0) is 16.2. The number of nitrogens with one attached hydrogen (secondary N) is 1.